The van der Waals surface area contributed by atoms with Gasteiger partial charge >= 0.3 is 0 Å². The Morgan fingerprint density at radius 1 is 1.25 bits per heavy atom. The molecule has 3 rings (SSSR count). The van der Waals surface area contributed by atoms with Crippen LogP contribution in [0, 0.1) is 11.7 Å². The maximum Gasteiger partial charge on any atom is 0.226 e. The van der Waals surface area contributed by atoms with Crippen LogP contribution in [0.25, 0.3) is 6.08 Å². The Morgan fingerprint density at radius 3 is 2.67 bits per heavy atom. The van der Waals surface area contributed by atoms with Gasteiger partial charge < -0.3 is 9.80 Å². The largest absolute Gasteiger partial charge is 0.346 e. The normalized spacial score (nSPS) is 21.8. The zero-order valence-corrected chi connectivity index (χ0v) is 14.0. The average Bonchev–Trinajstić information content (AvgIpc) is 2.57. The molecule has 2 heterocycles. The SMILES string of the molecule is CN1CC[C@@H](C(=O)N2CCC(=Cc3cccc(F)c3)CC2)CC1=O. The number of benzene rings is 1. The highest BCUT2D eigenvalue weighted by Crippen LogP contribution is 2.24. The minimum atomic E-state index is -0.233. The minimum absolute atomic E-state index is 0.0586. The lowest BCUT2D eigenvalue weighted by molar-refractivity contribution is -0.144. The van der Waals surface area contributed by atoms with Crippen LogP contribution in [0.1, 0.15) is 31.2 Å². The number of rotatable bonds is 2. The number of hydrogen-bond donors (Lipinski definition) is 0. The molecule has 0 bridgehead atoms. The van der Waals surface area contributed by atoms with Crippen LogP contribution in [0.2, 0.25) is 0 Å². The van der Waals surface area contributed by atoms with Gasteiger partial charge in [0.1, 0.15) is 5.82 Å². The average molecular weight is 330 g/mol. The Bertz CT molecular complexity index is 661. The van der Waals surface area contributed by atoms with Gasteiger partial charge in [0, 0.05) is 39.0 Å². The van der Waals surface area contributed by atoms with Crippen LogP contribution >= 0.6 is 0 Å². The van der Waals surface area contributed by atoms with Gasteiger partial charge in [-0.25, -0.2) is 4.39 Å². The van der Waals surface area contributed by atoms with E-state index in [-0.39, 0.29) is 23.5 Å². The topological polar surface area (TPSA) is 40.6 Å². The van der Waals surface area contributed by atoms with Crippen molar-refractivity contribution in [1.82, 2.24) is 9.80 Å². The predicted octanol–water partition coefficient (Wildman–Crippen LogP) is 2.70. The van der Waals surface area contributed by atoms with E-state index in [0.717, 1.165) is 24.8 Å². The molecular weight excluding hydrogens is 307 g/mol. The van der Waals surface area contributed by atoms with Crippen molar-refractivity contribution in [2.24, 2.45) is 5.92 Å². The van der Waals surface area contributed by atoms with Gasteiger partial charge in [-0.05, 0) is 37.0 Å². The number of hydrogen-bond acceptors (Lipinski definition) is 2. The van der Waals surface area contributed by atoms with Gasteiger partial charge in [-0.15, -0.1) is 0 Å². The van der Waals surface area contributed by atoms with Crippen molar-refractivity contribution in [1.29, 1.82) is 0 Å². The van der Waals surface area contributed by atoms with Crippen LogP contribution in [-0.2, 0) is 9.59 Å². The minimum Gasteiger partial charge on any atom is -0.346 e. The second kappa shape index (κ2) is 7.16. The monoisotopic (exact) mass is 330 g/mol. The number of carbonyl (C=O) groups is 2. The van der Waals surface area contributed by atoms with E-state index < -0.39 is 0 Å². The van der Waals surface area contributed by atoms with Gasteiger partial charge in [-0.2, -0.15) is 0 Å². The summed E-state index contributed by atoms with van der Waals surface area (Å²) < 4.78 is 13.2. The third kappa shape index (κ3) is 3.83. The van der Waals surface area contributed by atoms with E-state index >= 15 is 0 Å². The number of halogens is 1. The lowest BCUT2D eigenvalue weighted by Crippen LogP contribution is -2.45. The van der Waals surface area contributed by atoms with Crippen molar-refractivity contribution in [2.45, 2.75) is 25.7 Å². The zero-order valence-electron chi connectivity index (χ0n) is 14.0. The molecule has 1 atom stereocenters. The highest BCUT2D eigenvalue weighted by Gasteiger charge is 2.32. The van der Waals surface area contributed by atoms with E-state index in [4.69, 9.17) is 0 Å². The fourth-order valence-corrected chi connectivity index (χ4v) is 3.40. The van der Waals surface area contributed by atoms with Crippen molar-refractivity contribution in [2.75, 3.05) is 26.7 Å². The molecule has 24 heavy (non-hydrogen) atoms. The maximum absolute atomic E-state index is 13.2. The van der Waals surface area contributed by atoms with Crippen LogP contribution < -0.4 is 0 Å². The van der Waals surface area contributed by atoms with E-state index in [0.29, 0.717) is 26.1 Å². The Labute approximate surface area is 141 Å². The van der Waals surface area contributed by atoms with Crippen LogP contribution in [0.5, 0.6) is 0 Å². The molecule has 1 aromatic rings. The zero-order chi connectivity index (χ0) is 17.1. The first kappa shape index (κ1) is 16.7. The van der Waals surface area contributed by atoms with Crippen molar-refractivity contribution < 1.29 is 14.0 Å². The number of likely N-dealkylation sites (tertiary alicyclic amines) is 2. The molecule has 0 radical (unpaired) electrons. The molecule has 128 valence electrons. The van der Waals surface area contributed by atoms with E-state index in [1.54, 1.807) is 18.0 Å². The van der Waals surface area contributed by atoms with Gasteiger partial charge in [-0.1, -0.05) is 23.8 Å². The van der Waals surface area contributed by atoms with Crippen LogP contribution in [0.15, 0.2) is 29.8 Å². The summed E-state index contributed by atoms with van der Waals surface area (Å²) >= 11 is 0. The Morgan fingerprint density at radius 2 is 2.00 bits per heavy atom. The summed E-state index contributed by atoms with van der Waals surface area (Å²) in [5.41, 5.74) is 2.11. The molecule has 4 nitrogen and oxygen atoms in total. The van der Waals surface area contributed by atoms with Gasteiger partial charge in [-0.3, -0.25) is 9.59 Å². The summed E-state index contributed by atoms with van der Waals surface area (Å²) in [6.07, 6.45) is 4.72. The molecule has 2 aliphatic rings. The van der Waals surface area contributed by atoms with Crippen LogP contribution in [0.4, 0.5) is 4.39 Å². The van der Waals surface area contributed by atoms with Crippen molar-refractivity contribution in [3.63, 3.8) is 0 Å². The molecule has 0 aromatic heterocycles. The fraction of sp³-hybridized carbons (Fsp3) is 0.474. The van der Waals surface area contributed by atoms with E-state index in [9.17, 15) is 14.0 Å². The number of amides is 2. The Kier molecular flexibility index (Phi) is 4.97. The molecule has 0 aliphatic carbocycles. The Hall–Kier alpha value is -2.17. The molecule has 0 spiro atoms. The van der Waals surface area contributed by atoms with Gasteiger partial charge in [0.2, 0.25) is 11.8 Å². The van der Waals surface area contributed by atoms with E-state index in [2.05, 4.69) is 0 Å². The second-order valence-electron chi connectivity index (χ2n) is 6.69. The highest BCUT2D eigenvalue weighted by molar-refractivity contribution is 5.87. The number of piperidine rings is 2. The Balaban J connectivity index is 1.57. The van der Waals surface area contributed by atoms with Crippen molar-refractivity contribution in [3.8, 4) is 0 Å². The molecular formula is C19H23FN2O2. The van der Waals surface area contributed by atoms with Crippen LogP contribution in [0.3, 0.4) is 0 Å². The third-order valence-corrected chi connectivity index (χ3v) is 4.95. The van der Waals surface area contributed by atoms with Crippen LogP contribution in [-0.4, -0.2) is 48.3 Å². The number of nitrogens with zero attached hydrogens (tertiary/aromatic N) is 2. The molecule has 5 heteroatoms. The third-order valence-electron chi connectivity index (χ3n) is 4.95. The summed E-state index contributed by atoms with van der Waals surface area (Å²) in [5, 5.41) is 0. The highest BCUT2D eigenvalue weighted by atomic mass is 19.1. The van der Waals surface area contributed by atoms with Gasteiger partial charge in [0.15, 0.2) is 0 Å². The first-order valence-electron chi connectivity index (χ1n) is 8.50. The fourth-order valence-electron chi connectivity index (χ4n) is 3.40. The van der Waals surface area contributed by atoms with Crippen molar-refractivity contribution >= 4 is 17.9 Å². The van der Waals surface area contributed by atoms with E-state index in [1.807, 2.05) is 17.0 Å². The quantitative estimate of drug-likeness (QED) is 0.836. The summed E-state index contributed by atoms with van der Waals surface area (Å²) in [7, 11) is 1.79. The molecule has 2 fully saturated rings. The molecule has 0 saturated carbocycles. The number of carbonyl (C=O) groups excluding carboxylic acids is 2. The second-order valence-corrected chi connectivity index (χ2v) is 6.69. The summed E-state index contributed by atoms with van der Waals surface area (Å²) in [5.74, 6) is -0.226. The van der Waals surface area contributed by atoms with Crippen molar-refractivity contribution in [3.05, 3.63) is 41.2 Å². The summed E-state index contributed by atoms with van der Waals surface area (Å²) in [6.45, 7) is 2.02. The molecule has 0 unspecified atom stereocenters. The van der Waals surface area contributed by atoms with Gasteiger partial charge in [0.25, 0.3) is 0 Å². The van der Waals surface area contributed by atoms with Gasteiger partial charge in [0.05, 0.1) is 0 Å². The summed E-state index contributed by atoms with van der Waals surface area (Å²) in [6, 6.07) is 6.55. The molecule has 2 saturated heterocycles. The van der Waals surface area contributed by atoms with E-state index in [1.165, 1.54) is 17.7 Å². The smallest absolute Gasteiger partial charge is 0.226 e. The molecule has 1 aromatic carbocycles. The first-order valence-corrected chi connectivity index (χ1v) is 8.50. The standard InChI is InChI=1S/C19H23FN2O2/c1-21-8-7-16(13-18(21)23)19(24)22-9-5-14(6-10-22)11-15-3-2-4-17(20)12-15/h2-4,11-12,16H,5-10,13H2,1H3/t16-/m1/s1. The lowest BCUT2D eigenvalue weighted by Gasteiger charge is -2.34. The summed E-state index contributed by atoms with van der Waals surface area (Å²) in [4.78, 5) is 28.0. The first-order chi connectivity index (χ1) is 11.5. The maximum atomic E-state index is 13.2. The molecule has 0 N–H and O–H groups in total. The molecule has 2 amide bonds. The lowest BCUT2D eigenvalue weighted by atomic mass is 9.93. The predicted molar refractivity (Wildman–Crippen MR) is 90.6 cm³/mol. The molecule has 2 aliphatic heterocycles.